The van der Waals surface area contributed by atoms with Crippen LogP contribution >= 0.6 is 23.2 Å². The summed E-state index contributed by atoms with van der Waals surface area (Å²) < 4.78 is 13.1. The van der Waals surface area contributed by atoms with Crippen LogP contribution in [0.15, 0.2) is 12.1 Å². The number of carbonyl (C=O) groups excluding carboxylic acids is 2. The summed E-state index contributed by atoms with van der Waals surface area (Å²) in [5.41, 5.74) is -0.909. The van der Waals surface area contributed by atoms with Gasteiger partial charge in [0.25, 0.3) is 5.91 Å². The van der Waals surface area contributed by atoms with Crippen LogP contribution < -0.4 is 10.2 Å². The summed E-state index contributed by atoms with van der Waals surface area (Å²) in [4.78, 5) is 25.1. The van der Waals surface area contributed by atoms with Gasteiger partial charge >= 0.3 is 0 Å². The smallest absolute Gasteiger partial charge is 0.252 e. The Balaban J connectivity index is 2.52. The third-order valence-corrected chi connectivity index (χ3v) is 3.36. The molecule has 0 unspecified atom stereocenters. The molecule has 0 bridgehead atoms. The quantitative estimate of drug-likeness (QED) is 0.866. The van der Waals surface area contributed by atoms with Crippen LogP contribution in [0.4, 0.5) is 10.1 Å². The van der Waals surface area contributed by atoms with Crippen molar-refractivity contribution in [2.24, 2.45) is 0 Å². The minimum atomic E-state index is -1.06. The Morgan fingerprint density at radius 2 is 1.79 bits per heavy atom. The van der Waals surface area contributed by atoms with E-state index in [0.717, 1.165) is 12.1 Å². The van der Waals surface area contributed by atoms with Crippen molar-refractivity contribution in [2.75, 3.05) is 11.4 Å². The Morgan fingerprint density at radius 1 is 1.26 bits per heavy atom. The van der Waals surface area contributed by atoms with Gasteiger partial charge < -0.3 is 5.32 Å². The summed E-state index contributed by atoms with van der Waals surface area (Å²) >= 11 is 11.8. The number of anilines is 1. The second-order valence-corrected chi connectivity index (χ2v) is 5.60. The van der Waals surface area contributed by atoms with Crippen molar-refractivity contribution in [3.05, 3.63) is 28.0 Å². The van der Waals surface area contributed by atoms with E-state index < -0.39 is 11.4 Å². The lowest BCUT2D eigenvalue weighted by molar-refractivity contribution is -0.134. The van der Waals surface area contributed by atoms with Crippen LogP contribution in [-0.4, -0.2) is 23.9 Å². The van der Waals surface area contributed by atoms with Gasteiger partial charge in [0, 0.05) is 0 Å². The molecule has 1 N–H and O–H groups in total. The summed E-state index contributed by atoms with van der Waals surface area (Å²) in [6, 6.07) is 2.10. The number of hydrogen-bond donors (Lipinski definition) is 1. The average Bonchev–Trinajstić information content (AvgIpc) is 2.22. The molecule has 1 aromatic rings. The Hall–Kier alpha value is -1.33. The van der Waals surface area contributed by atoms with E-state index in [1.165, 1.54) is 4.90 Å². The van der Waals surface area contributed by atoms with Gasteiger partial charge in [-0.3, -0.25) is 14.5 Å². The van der Waals surface area contributed by atoms with Crippen LogP contribution in [-0.2, 0) is 9.59 Å². The number of rotatable bonds is 1. The number of amides is 2. The maximum absolute atomic E-state index is 13.1. The van der Waals surface area contributed by atoms with E-state index in [2.05, 4.69) is 5.32 Å². The summed E-state index contributed by atoms with van der Waals surface area (Å²) in [6.07, 6.45) is 0. The molecule has 0 aromatic heterocycles. The Labute approximate surface area is 119 Å². The van der Waals surface area contributed by atoms with Crippen molar-refractivity contribution < 1.29 is 14.0 Å². The SMILES string of the molecule is CC1(C)NC(=O)CN(c2c(Cl)cc(F)cc2Cl)C1=O. The van der Waals surface area contributed by atoms with E-state index in [0.29, 0.717) is 0 Å². The molecule has 0 radical (unpaired) electrons. The van der Waals surface area contributed by atoms with Crippen LogP contribution in [0.5, 0.6) is 0 Å². The molecule has 0 spiro atoms. The molecule has 1 saturated heterocycles. The van der Waals surface area contributed by atoms with Gasteiger partial charge in [-0.15, -0.1) is 0 Å². The van der Waals surface area contributed by atoms with Crippen LogP contribution in [0, 0.1) is 5.82 Å². The van der Waals surface area contributed by atoms with Gasteiger partial charge in [-0.2, -0.15) is 0 Å². The zero-order chi connectivity index (χ0) is 14.4. The molecule has 19 heavy (non-hydrogen) atoms. The van der Waals surface area contributed by atoms with Crippen LogP contribution in [0.25, 0.3) is 0 Å². The van der Waals surface area contributed by atoms with Crippen molar-refractivity contribution in [1.29, 1.82) is 0 Å². The molecule has 0 aliphatic carbocycles. The van der Waals surface area contributed by atoms with Crippen LogP contribution in [0.2, 0.25) is 10.0 Å². The zero-order valence-corrected chi connectivity index (χ0v) is 11.8. The highest BCUT2D eigenvalue weighted by Gasteiger charge is 2.41. The molecule has 7 heteroatoms. The molecular weight excluding hydrogens is 294 g/mol. The minimum Gasteiger partial charge on any atom is -0.341 e. The zero-order valence-electron chi connectivity index (χ0n) is 10.3. The van der Waals surface area contributed by atoms with E-state index in [-0.39, 0.29) is 34.1 Å². The molecular formula is C12H11Cl2FN2O2. The fourth-order valence-electron chi connectivity index (χ4n) is 1.97. The maximum Gasteiger partial charge on any atom is 0.252 e. The Kier molecular flexibility index (Phi) is 3.45. The number of halogens is 3. The molecule has 1 aliphatic rings. The first-order chi connectivity index (χ1) is 8.72. The predicted molar refractivity (Wildman–Crippen MR) is 71.0 cm³/mol. The van der Waals surface area contributed by atoms with Crippen LogP contribution in [0.1, 0.15) is 13.8 Å². The highest BCUT2D eigenvalue weighted by molar-refractivity contribution is 6.40. The molecule has 102 valence electrons. The van der Waals surface area contributed by atoms with E-state index in [1.807, 2.05) is 0 Å². The topological polar surface area (TPSA) is 49.4 Å². The second kappa shape index (κ2) is 4.65. The fourth-order valence-corrected chi connectivity index (χ4v) is 2.63. The monoisotopic (exact) mass is 304 g/mol. The van der Waals surface area contributed by atoms with Crippen molar-refractivity contribution in [3.8, 4) is 0 Å². The molecule has 4 nitrogen and oxygen atoms in total. The lowest BCUT2D eigenvalue weighted by Gasteiger charge is -2.38. The molecule has 1 heterocycles. The standard InChI is InChI=1S/C12H11Cl2FN2O2/c1-12(2)11(19)17(5-9(18)16-12)10-7(13)3-6(15)4-8(10)14/h3-4H,5H2,1-2H3,(H,16,18). The number of nitrogens with zero attached hydrogens (tertiary/aromatic N) is 1. The van der Waals surface area contributed by atoms with Crippen molar-refractivity contribution >= 4 is 40.7 Å². The van der Waals surface area contributed by atoms with Crippen molar-refractivity contribution in [3.63, 3.8) is 0 Å². The largest absolute Gasteiger partial charge is 0.341 e. The fraction of sp³-hybridized carbons (Fsp3) is 0.333. The predicted octanol–water partition coefficient (Wildman–Crippen LogP) is 2.37. The van der Waals surface area contributed by atoms with E-state index in [4.69, 9.17) is 23.2 Å². The van der Waals surface area contributed by atoms with E-state index in [1.54, 1.807) is 13.8 Å². The number of carbonyl (C=O) groups is 2. The van der Waals surface area contributed by atoms with Gasteiger partial charge in [0.2, 0.25) is 5.91 Å². The molecule has 1 fully saturated rings. The highest BCUT2D eigenvalue weighted by atomic mass is 35.5. The minimum absolute atomic E-state index is 0.0103. The van der Waals surface area contributed by atoms with Gasteiger partial charge in [0.15, 0.2) is 0 Å². The summed E-state index contributed by atoms with van der Waals surface area (Å²) in [6.45, 7) is 2.95. The van der Waals surface area contributed by atoms with Gasteiger partial charge in [-0.1, -0.05) is 23.2 Å². The third-order valence-electron chi connectivity index (χ3n) is 2.79. The third kappa shape index (κ3) is 2.53. The van der Waals surface area contributed by atoms with Crippen molar-refractivity contribution in [1.82, 2.24) is 5.32 Å². The highest BCUT2D eigenvalue weighted by Crippen LogP contribution is 2.36. The first kappa shape index (κ1) is 14.1. The van der Waals surface area contributed by atoms with Gasteiger partial charge in [-0.25, -0.2) is 4.39 Å². The first-order valence-electron chi connectivity index (χ1n) is 5.50. The number of nitrogens with one attached hydrogen (secondary N) is 1. The average molecular weight is 305 g/mol. The van der Waals surface area contributed by atoms with E-state index >= 15 is 0 Å². The number of hydrogen-bond acceptors (Lipinski definition) is 2. The number of piperazine rings is 1. The molecule has 1 aliphatic heterocycles. The molecule has 0 atom stereocenters. The first-order valence-corrected chi connectivity index (χ1v) is 6.25. The van der Waals surface area contributed by atoms with Gasteiger partial charge in [0.1, 0.15) is 17.9 Å². The Bertz CT molecular complexity index is 552. The maximum atomic E-state index is 13.1. The van der Waals surface area contributed by atoms with Crippen LogP contribution in [0.3, 0.4) is 0 Å². The van der Waals surface area contributed by atoms with Gasteiger partial charge in [0.05, 0.1) is 15.7 Å². The lowest BCUT2D eigenvalue weighted by Crippen LogP contribution is -2.64. The summed E-state index contributed by atoms with van der Waals surface area (Å²) in [5, 5.41) is 2.54. The molecule has 2 rings (SSSR count). The molecule has 0 saturated carbocycles. The second-order valence-electron chi connectivity index (χ2n) is 4.78. The van der Waals surface area contributed by atoms with E-state index in [9.17, 15) is 14.0 Å². The normalized spacial score (nSPS) is 18.5. The van der Waals surface area contributed by atoms with Crippen molar-refractivity contribution in [2.45, 2.75) is 19.4 Å². The number of benzene rings is 1. The lowest BCUT2D eigenvalue weighted by atomic mass is 10.00. The summed E-state index contributed by atoms with van der Waals surface area (Å²) in [7, 11) is 0. The molecule has 2 amide bonds. The van der Waals surface area contributed by atoms with Gasteiger partial charge in [-0.05, 0) is 26.0 Å². The Morgan fingerprint density at radius 3 is 2.32 bits per heavy atom. The molecule has 1 aromatic carbocycles. The summed E-state index contributed by atoms with van der Waals surface area (Å²) in [5.74, 6) is -1.30.